The number of hydrogen-bond acceptors (Lipinski definition) is 1. The second-order valence-corrected chi connectivity index (χ2v) is 5.74. The van der Waals surface area contributed by atoms with Crippen molar-refractivity contribution in [1.29, 1.82) is 0 Å². The van der Waals surface area contributed by atoms with Crippen molar-refractivity contribution >= 4 is 5.69 Å². The molecule has 1 heterocycles. The van der Waals surface area contributed by atoms with Gasteiger partial charge in [-0.25, -0.2) is 0 Å². The lowest BCUT2D eigenvalue weighted by Crippen LogP contribution is -2.19. The molecule has 0 spiro atoms. The first-order valence-corrected chi connectivity index (χ1v) is 7.26. The molecule has 1 aliphatic carbocycles. The van der Waals surface area contributed by atoms with E-state index < -0.39 is 0 Å². The molecular weight excluding hydrogens is 206 g/mol. The Morgan fingerprint density at radius 3 is 2.71 bits per heavy atom. The number of hydrogen-bond donors (Lipinski definition) is 1. The van der Waals surface area contributed by atoms with Crippen molar-refractivity contribution in [3.63, 3.8) is 0 Å². The number of rotatable bonds is 2. The lowest BCUT2D eigenvalue weighted by Gasteiger charge is -2.31. The van der Waals surface area contributed by atoms with Gasteiger partial charge in [0.05, 0.1) is 0 Å². The van der Waals surface area contributed by atoms with E-state index in [9.17, 15) is 0 Å². The zero-order chi connectivity index (χ0) is 11.5. The molecule has 0 aromatic heterocycles. The van der Waals surface area contributed by atoms with Gasteiger partial charge in [-0.2, -0.15) is 0 Å². The molecule has 0 radical (unpaired) electrons. The monoisotopic (exact) mass is 229 g/mol. The van der Waals surface area contributed by atoms with E-state index in [1.165, 1.54) is 50.6 Å². The summed E-state index contributed by atoms with van der Waals surface area (Å²) in [6.07, 6.45) is 10.1. The van der Waals surface area contributed by atoms with Crippen LogP contribution in [0, 0.1) is 5.92 Å². The third-order valence-corrected chi connectivity index (χ3v) is 4.55. The molecule has 92 valence electrons. The molecule has 1 unspecified atom stereocenters. The zero-order valence-corrected chi connectivity index (χ0v) is 10.6. The van der Waals surface area contributed by atoms with E-state index in [1.807, 2.05) is 0 Å². The SMILES string of the molecule is c1ccc2c(c1)NCCC2CC1CCCCC1. The first-order valence-electron chi connectivity index (χ1n) is 7.26. The molecule has 1 fully saturated rings. The van der Waals surface area contributed by atoms with Crippen LogP contribution in [-0.4, -0.2) is 6.54 Å². The number of nitrogens with one attached hydrogen (secondary N) is 1. The van der Waals surface area contributed by atoms with Gasteiger partial charge in [0.15, 0.2) is 0 Å². The van der Waals surface area contributed by atoms with Gasteiger partial charge in [0.2, 0.25) is 0 Å². The smallest absolute Gasteiger partial charge is 0.0375 e. The van der Waals surface area contributed by atoms with Gasteiger partial charge in [-0.1, -0.05) is 50.3 Å². The van der Waals surface area contributed by atoms with Gasteiger partial charge in [-0.05, 0) is 36.3 Å². The summed E-state index contributed by atoms with van der Waals surface area (Å²) in [4.78, 5) is 0. The molecule has 0 bridgehead atoms. The van der Waals surface area contributed by atoms with Gasteiger partial charge in [-0.3, -0.25) is 0 Å². The molecule has 1 nitrogen and oxygen atoms in total. The van der Waals surface area contributed by atoms with E-state index in [4.69, 9.17) is 0 Å². The van der Waals surface area contributed by atoms with E-state index in [0.29, 0.717) is 0 Å². The molecule has 1 aromatic rings. The molecule has 1 heteroatoms. The van der Waals surface area contributed by atoms with Crippen LogP contribution in [0.25, 0.3) is 0 Å². The summed E-state index contributed by atoms with van der Waals surface area (Å²) in [6.45, 7) is 1.16. The molecule has 0 saturated heterocycles. The highest BCUT2D eigenvalue weighted by Gasteiger charge is 2.23. The molecule has 1 atom stereocenters. The molecule has 3 rings (SSSR count). The van der Waals surface area contributed by atoms with Crippen molar-refractivity contribution in [2.24, 2.45) is 5.92 Å². The van der Waals surface area contributed by atoms with Crippen molar-refractivity contribution in [1.82, 2.24) is 0 Å². The van der Waals surface area contributed by atoms with Crippen molar-refractivity contribution in [2.45, 2.75) is 50.9 Å². The molecule has 1 saturated carbocycles. The summed E-state index contributed by atoms with van der Waals surface area (Å²) in [5.41, 5.74) is 2.96. The van der Waals surface area contributed by atoms with Crippen molar-refractivity contribution in [3.8, 4) is 0 Å². The Morgan fingerprint density at radius 1 is 1.00 bits per heavy atom. The lowest BCUT2D eigenvalue weighted by atomic mass is 9.78. The molecule has 1 aliphatic heterocycles. The highest BCUT2D eigenvalue weighted by Crippen LogP contribution is 2.39. The van der Waals surface area contributed by atoms with E-state index >= 15 is 0 Å². The lowest BCUT2D eigenvalue weighted by molar-refractivity contribution is 0.312. The maximum Gasteiger partial charge on any atom is 0.0375 e. The summed E-state index contributed by atoms with van der Waals surface area (Å²) in [6, 6.07) is 8.91. The quantitative estimate of drug-likeness (QED) is 0.784. The fraction of sp³-hybridized carbons (Fsp3) is 0.625. The summed E-state index contributed by atoms with van der Waals surface area (Å²) >= 11 is 0. The first kappa shape index (κ1) is 11.1. The van der Waals surface area contributed by atoms with Gasteiger partial charge >= 0.3 is 0 Å². The Kier molecular flexibility index (Phi) is 3.35. The Balaban J connectivity index is 1.71. The van der Waals surface area contributed by atoms with Gasteiger partial charge in [0.1, 0.15) is 0 Å². The van der Waals surface area contributed by atoms with E-state index in [1.54, 1.807) is 5.56 Å². The van der Waals surface area contributed by atoms with Crippen LogP contribution >= 0.6 is 0 Å². The van der Waals surface area contributed by atoms with Crippen LogP contribution in [-0.2, 0) is 0 Å². The second kappa shape index (κ2) is 5.12. The van der Waals surface area contributed by atoms with Crippen LogP contribution in [0.2, 0.25) is 0 Å². The number of para-hydroxylation sites is 1. The molecule has 1 aromatic carbocycles. The predicted molar refractivity (Wildman–Crippen MR) is 73.5 cm³/mol. The molecule has 1 N–H and O–H groups in total. The molecule has 0 amide bonds. The fourth-order valence-corrected chi connectivity index (χ4v) is 3.62. The largest absolute Gasteiger partial charge is 0.385 e. The summed E-state index contributed by atoms with van der Waals surface area (Å²) < 4.78 is 0. The van der Waals surface area contributed by atoms with E-state index in [0.717, 1.165) is 18.4 Å². The maximum atomic E-state index is 3.53. The topological polar surface area (TPSA) is 12.0 Å². The Labute approximate surface area is 105 Å². The summed E-state index contributed by atoms with van der Waals surface area (Å²) in [5.74, 6) is 1.82. The highest BCUT2D eigenvalue weighted by atomic mass is 14.9. The number of anilines is 1. The minimum absolute atomic E-state index is 0.815. The van der Waals surface area contributed by atoms with Crippen LogP contribution in [0.3, 0.4) is 0 Å². The van der Waals surface area contributed by atoms with E-state index in [2.05, 4.69) is 29.6 Å². The molecular formula is C16H23N. The summed E-state index contributed by atoms with van der Waals surface area (Å²) in [7, 11) is 0. The third kappa shape index (κ3) is 2.48. The van der Waals surface area contributed by atoms with Crippen LogP contribution in [0.1, 0.15) is 56.4 Å². The predicted octanol–water partition coefficient (Wildman–Crippen LogP) is 4.56. The van der Waals surface area contributed by atoms with Gasteiger partial charge in [0, 0.05) is 12.2 Å². The highest BCUT2D eigenvalue weighted by molar-refractivity contribution is 5.54. The first-order chi connectivity index (χ1) is 8.43. The Morgan fingerprint density at radius 2 is 1.82 bits per heavy atom. The van der Waals surface area contributed by atoms with Crippen LogP contribution in [0.15, 0.2) is 24.3 Å². The van der Waals surface area contributed by atoms with Crippen molar-refractivity contribution in [3.05, 3.63) is 29.8 Å². The standard InChI is InChI=1S/C16H23N/c1-2-6-13(7-3-1)12-14-10-11-17-16-9-5-4-8-15(14)16/h4-5,8-9,13-14,17H,1-3,6-7,10-12H2. The summed E-state index contributed by atoms with van der Waals surface area (Å²) in [5, 5.41) is 3.53. The van der Waals surface area contributed by atoms with Gasteiger partial charge < -0.3 is 5.32 Å². The van der Waals surface area contributed by atoms with Crippen LogP contribution in [0.5, 0.6) is 0 Å². The fourth-order valence-electron chi connectivity index (χ4n) is 3.62. The van der Waals surface area contributed by atoms with E-state index in [-0.39, 0.29) is 0 Å². The number of benzene rings is 1. The number of fused-ring (bicyclic) bond motifs is 1. The molecule has 17 heavy (non-hydrogen) atoms. The second-order valence-electron chi connectivity index (χ2n) is 5.74. The maximum absolute atomic E-state index is 3.53. The minimum atomic E-state index is 0.815. The normalized spacial score (nSPS) is 25.1. The van der Waals surface area contributed by atoms with Gasteiger partial charge in [0.25, 0.3) is 0 Å². The molecule has 2 aliphatic rings. The van der Waals surface area contributed by atoms with Crippen LogP contribution < -0.4 is 5.32 Å². The van der Waals surface area contributed by atoms with Crippen molar-refractivity contribution < 1.29 is 0 Å². The third-order valence-electron chi connectivity index (χ3n) is 4.55. The Bertz CT molecular complexity index is 366. The van der Waals surface area contributed by atoms with Gasteiger partial charge in [-0.15, -0.1) is 0 Å². The zero-order valence-electron chi connectivity index (χ0n) is 10.6. The Hall–Kier alpha value is -0.980. The van der Waals surface area contributed by atoms with Crippen LogP contribution in [0.4, 0.5) is 5.69 Å². The average Bonchev–Trinajstić information content (AvgIpc) is 2.40. The minimum Gasteiger partial charge on any atom is -0.385 e. The average molecular weight is 229 g/mol. The van der Waals surface area contributed by atoms with Crippen molar-refractivity contribution in [2.75, 3.05) is 11.9 Å².